The number of anilines is 2. The fourth-order valence-electron chi connectivity index (χ4n) is 3.54. The smallest absolute Gasteiger partial charge is 0.338 e. The Labute approximate surface area is 191 Å². The van der Waals surface area contributed by atoms with Gasteiger partial charge in [-0.1, -0.05) is 42.5 Å². The molecule has 1 aliphatic heterocycles. The van der Waals surface area contributed by atoms with E-state index in [4.69, 9.17) is 9.47 Å². The standard InChI is InChI=1S/C26H24N2O5/c29-24(27-21-10-5-11-22(16-21)28-14-6-13-25(28)30)18-33-26(31)20-9-4-12-23(15-20)32-17-19-7-2-1-3-8-19/h1-5,7-12,15-16H,6,13-14,17-18H2,(H,27,29). The summed E-state index contributed by atoms with van der Waals surface area (Å²) in [6.07, 6.45) is 1.36. The summed E-state index contributed by atoms with van der Waals surface area (Å²) in [5, 5.41) is 2.70. The van der Waals surface area contributed by atoms with Crippen LogP contribution in [-0.4, -0.2) is 30.9 Å². The minimum atomic E-state index is -0.619. The second-order valence-electron chi connectivity index (χ2n) is 7.63. The maximum Gasteiger partial charge on any atom is 0.338 e. The highest BCUT2D eigenvalue weighted by Crippen LogP contribution is 2.24. The van der Waals surface area contributed by atoms with Gasteiger partial charge in [0.15, 0.2) is 6.61 Å². The van der Waals surface area contributed by atoms with E-state index in [-0.39, 0.29) is 5.91 Å². The first-order valence-electron chi connectivity index (χ1n) is 10.7. The van der Waals surface area contributed by atoms with E-state index in [1.165, 1.54) is 0 Å². The summed E-state index contributed by atoms with van der Waals surface area (Å²) in [6.45, 7) is 0.618. The third-order valence-electron chi connectivity index (χ3n) is 5.17. The van der Waals surface area contributed by atoms with E-state index in [0.717, 1.165) is 17.7 Å². The number of hydrogen-bond acceptors (Lipinski definition) is 5. The molecule has 3 aromatic rings. The summed E-state index contributed by atoms with van der Waals surface area (Å²) in [6, 6.07) is 23.4. The molecule has 0 unspecified atom stereocenters. The molecule has 1 saturated heterocycles. The first-order valence-corrected chi connectivity index (χ1v) is 10.7. The van der Waals surface area contributed by atoms with Crippen molar-refractivity contribution in [1.82, 2.24) is 0 Å². The Kier molecular flexibility index (Phi) is 6.99. The van der Waals surface area contributed by atoms with Gasteiger partial charge >= 0.3 is 5.97 Å². The van der Waals surface area contributed by atoms with Gasteiger partial charge in [0.1, 0.15) is 12.4 Å². The maximum atomic E-state index is 12.4. The Hall–Kier alpha value is -4.13. The van der Waals surface area contributed by atoms with E-state index in [1.54, 1.807) is 47.4 Å². The van der Waals surface area contributed by atoms with Crippen LogP contribution in [0, 0.1) is 0 Å². The molecule has 0 radical (unpaired) electrons. The van der Waals surface area contributed by atoms with Crippen molar-refractivity contribution < 1.29 is 23.9 Å². The summed E-state index contributed by atoms with van der Waals surface area (Å²) >= 11 is 0. The van der Waals surface area contributed by atoms with Gasteiger partial charge in [-0.05, 0) is 48.4 Å². The van der Waals surface area contributed by atoms with E-state index in [1.807, 2.05) is 36.4 Å². The van der Waals surface area contributed by atoms with Crippen molar-refractivity contribution in [3.63, 3.8) is 0 Å². The van der Waals surface area contributed by atoms with Crippen molar-refractivity contribution in [2.75, 3.05) is 23.4 Å². The first kappa shape index (κ1) is 22.1. The lowest BCUT2D eigenvalue weighted by Gasteiger charge is -2.16. The van der Waals surface area contributed by atoms with Crippen LogP contribution in [0.2, 0.25) is 0 Å². The molecular weight excluding hydrogens is 420 g/mol. The zero-order valence-electron chi connectivity index (χ0n) is 18.0. The zero-order valence-corrected chi connectivity index (χ0v) is 18.0. The van der Waals surface area contributed by atoms with Crippen LogP contribution >= 0.6 is 0 Å². The Morgan fingerprint density at radius 2 is 1.76 bits per heavy atom. The van der Waals surface area contributed by atoms with Crippen LogP contribution in [0.15, 0.2) is 78.9 Å². The fourth-order valence-corrected chi connectivity index (χ4v) is 3.54. The number of benzene rings is 3. The molecule has 0 aromatic heterocycles. The Balaban J connectivity index is 1.29. The van der Waals surface area contributed by atoms with E-state index in [0.29, 0.717) is 36.6 Å². The van der Waals surface area contributed by atoms with Crippen LogP contribution in [0.25, 0.3) is 0 Å². The fraction of sp³-hybridized carbons (Fsp3) is 0.192. The molecule has 2 amide bonds. The van der Waals surface area contributed by atoms with Gasteiger partial charge in [-0.25, -0.2) is 4.79 Å². The topological polar surface area (TPSA) is 84.9 Å². The molecule has 4 rings (SSSR count). The highest BCUT2D eigenvalue weighted by atomic mass is 16.5. The van der Waals surface area contributed by atoms with Crippen LogP contribution in [0.5, 0.6) is 5.75 Å². The number of ether oxygens (including phenoxy) is 2. The van der Waals surface area contributed by atoms with Crippen molar-refractivity contribution in [2.24, 2.45) is 0 Å². The van der Waals surface area contributed by atoms with E-state index in [2.05, 4.69) is 5.32 Å². The van der Waals surface area contributed by atoms with Crippen molar-refractivity contribution in [3.05, 3.63) is 90.0 Å². The molecular formula is C26H24N2O5. The predicted octanol–water partition coefficient (Wildman–Crippen LogP) is 4.19. The van der Waals surface area contributed by atoms with Gasteiger partial charge < -0.3 is 19.7 Å². The first-order chi connectivity index (χ1) is 16.1. The number of amides is 2. The van der Waals surface area contributed by atoms with Gasteiger partial charge in [0.05, 0.1) is 5.56 Å². The van der Waals surface area contributed by atoms with Crippen LogP contribution < -0.4 is 15.0 Å². The number of carbonyl (C=O) groups is 3. The molecule has 7 nitrogen and oxygen atoms in total. The predicted molar refractivity (Wildman–Crippen MR) is 124 cm³/mol. The minimum absolute atomic E-state index is 0.0717. The summed E-state index contributed by atoms with van der Waals surface area (Å²) in [7, 11) is 0. The number of rotatable bonds is 8. The van der Waals surface area contributed by atoms with Gasteiger partial charge in [-0.15, -0.1) is 0 Å². The Morgan fingerprint density at radius 3 is 2.55 bits per heavy atom. The quantitative estimate of drug-likeness (QED) is 0.527. The number of carbonyl (C=O) groups excluding carboxylic acids is 3. The van der Waals surface area contributed by atoms with Gasteiger partial charge in [0.2, 0.25) is 5.91 Å². The Morgan fingerprint density at radius 1 is 0.939 bits per heavy atom. The highest BCUT2D eigenvalue weighted by molar-refractivity contribution is 5.98. The molecule has 168 valence electrons. The summed E-state index contributed by atoms with van der Waals surface area (Å²) < 4.78 is 10.9. The zero-order chi connectivity index (χ0) is 23.0. The largest absolute Gasteiger partial charge is 0.489 e. The molecule has 0 atom stereocenters. The number of esters is 1. The average molecular weight is 444 g/mol. The average Bonchev–Trinajstić information content (AvgIpc) is 3.28. The number of nitrogens with one attached hydrogen (secondary N) is 1. The SMILES string of the molecule is O=C(COC(=O)c1cccc(OCc2ccccc2)c1)Nc1cccc(N2CCCC2=O)c1. The summed E-state index contributed by atoms with van der Waals surface area (Å²) in [5.41, 5.74) is 2.58. The third-order valence-corrected chi connectivity index (χ3v) is 5.17. The van der Waals surface area contributed by atoms with Gasteiger partial charge in [-0.3, -0.25) is 9.59 Å². The minimum Gasteiger partial charge on any atom is -0.489 e. The summed E-state index contributed by atoms with van der Waals surface area (Å²) in [5.74, 6) is -0.482. The van der Waals surface area contributed by atoms with Gasteiger partial charge in [0, 0.05) is 24.3 Å². The lowest BCUT2D eigenvalue weighted by atomic mass is 10.2. The second kappa shape index (κ2) is 10.5. The molecule has 0 bridgehead atoms. The van der Waals surface area contributed by atoms with Crippen LogP contribution in [0.3, 0.4) is 0 Å². The van der Waals surface area contributed by atoms with Crippen LogP contribution in [0.1, 0.15) is 28.8 Å². The van der Waals surface area contributed by atoms with E-state index < -0.39 is 18.5 Å². The lowest BCUT2D eigenvalue weighted by Crippen LogP contribution is -2.24. The molecule has 1 N–H and O–H groups in total. The Bertz CT molecular complexity index is 1150. The molecule has 0 saturated carbocycles. The van der Waals surface area contributed by atoms with Crippen molar-refractivity contribution in [2.45, 2.75) is 19.4 Å². The monoisotopic (exact) mass is 444 g/mol. The van der Waals surface area contributed by atoms with E-state index >= 15 is 0 Å². The maximum absolute atomic E-state index is 12.4. The molecule has 7 heteroatoms. The van der Waals surface area contributed by atoms with Gasteiger partial charge in [0.25, 0.3) is 5.91 Å². The van der Waals surface area contributed by atoms with Gasteiger partial charge in [-0.2, -0.15) is 0 Å². The number of nitrogens with zero attached hydrogens (tertiary/aromatic N) is 1. The molecule has 33 heavy (non-hydrogen) atoms. The summed E-state index contributed by atoms with van der Waals surface area (Å²) in [4.78, 5) is 38.3. The normalized spacial score (nSPS) is 13.0. The molecule has 3 aromatic carbocycles. The van der Waals surface area contributed by atoms with Crippen LogP contribution in [-0.2, 0) is 20.9 Å². The van der Waals surface area contributed by atoms with Crippen molar-refractivity contribution in [1.29, 1.82) is 0 Å². The van der Waals surface area contributed by atoms with E-state index in [9.17, 15) is 14.4 Å². The van der Waals surface area contributed by atoms with Crippen molar-refractivity contribution >= 4 is 29.2 Å². The highest BCUT2D eigenvalue weighted by Gasteiger charge is 2.22. The second-order valence-corrected chi connectivity index (χ2v) is 7.63. The molecule has 1 aliphatic rings. The molecule has 0 aliphatic carbocycles. The van der Waals surface area contributed by atoms with Crippen LogP contribution in [0.4, 0.5) is 11.4 Å². The molecule has 1 fully saturated rings. The third kappa shape index (κ3) is 5.98. The molecule has 1 heterocycles. The molecule has 0 spiro atoms. The lowest BCUT2D eigenvalue weighted by molar-refractivity contribution is -0.119. The number of hydrogen-bond donors (Lipinski definition) is 1. The van der Waals surface area contributed by atoms with Crippen molar-refractivity contribution in [3.8, 4) is 5.75 Å².